The van der Waals surface area contributed by atoms with E-state index in [0.29, 0.717) is 25.2 Å². The van der Waals surface area contributed by atoms with Gasteiger partial charge in [0.05, 0.1) is 6.61 Å². The summed E-state index contributed by atoms with van der Waals surface area (Å²) in [6.45, 7) is 7.02. The molecule has 4 heteroatoms. The van der Waals surface area contributed by atoms with Crippen LogP contribution < -0.4 is 4.74 Å². The van der Waals surface area contributed by atoms with Crippen molar-refractivity contribution < 1.29 is 19.1 Å². The van der Waals surface area contributed by atoms with Gasteiger partial charge in [-0.25, -0.2) is 0 Å². The molecular weight excluding hydrogens is 412 g/mol. The second-order valence-electron chi connectivity index (χ2n) is 9.18. The minimum atomic E-state index is -0.181. The maximum atomic E-state index is 12.2. The Morgan fingerprint density at radius 1 is 0.697 bits per heavy atom. The molecule has 0 unspecified atom stereocenters. The quantitative estimate of drug-likeness (QED) is 0.161. The van der Waals surface area contributed by atoms with Crippen LogP contribution in [0.5, 0.6) is 5.75 Å². The molecule has 0 fully saturated rings. The largest absolute Gasteiger partial charge is 0.466 e. The van der Waals surface area contributed by atoms with Crippen LogP contribution in [0.2, 0.25) is 0 Å². The normalized spacial score (nSPS) is 11.2. The first-order chi connectivity index (χ1) is 15.9. The van der Waals surface area contributed by atoms with Crippen LogP contribution in [0, 0.1) is 0 Å². The molecule has 4 nitrogen and oxygen atoms in total. The van der Waals surface area contributed by atoms with Gasteiger partial charge in [-0.05, 0) is 42.5 Å². The average Bonchev–Trinajstić information content (AvgIpc) is 2.82. The first kappa shape index (κ1) is 26.6. The molecule has 0 saturated carbocycles. The maximum Gasteiger partial charge on any atom is 0.311 e. The van der Waals surface area contributed by atoms with Crippen LogP contribution in [0.25, 0.3) is 0 Å². The summed E-state index contributed by atoms with van der Waals surface area (Å²) < 4.78 is 10.7. The van der Waals surface area contributed by atoms with E-state index in [1.807, 2.05) is 30.3 Å². The van der Waals surface area contributed by atoms with Crippen molar-refractivity contribution in [2.75, 3.05) is 6.61 Å². The van der Waals surface area contributed by atoms with Crippen molar-refractivity contribution in [1.29, 1.82) is 0 Å². The van der Waals surface area contributed by atoms with Crippen molar-refractivity contribution in [2.24, 2.45) is 0 Å². The average molecular weight is 453 g/mol. The third kappa shape index (κ3) is 9.81. The number of unbranched alkanes of at least 4 members (excludes halogenated alkanes) is 6. The van der Waals surface area contributed by atoms with E-state index in [0.717, 1.165) is 51.4 Å². The van der Waals surface area contributed by atoms with Gasteiger partial charge in [0.15, 0.2) is 0 Å². The standard InChI is InChI=1S/C29H40O4/c1-4-5-23-32-27(30)17-13-8-6-7-9-14-18-28(31)33-26-21-19-25(20-22-26)29(2,3)24-15-11-10-12-16-24/h10-12,15-16,19-22H,4-9,13-14,17-18,23H2,1-3H3. The molecule has 0 aliphatic carbocycles. The molecular formula is C29H40O4. The van der Waals surface area contributed by atoms with Crippen LogP contribution in [0.4, 0.5) is 0 Å². The van der Waals surface area contributed by atoms with E-state index >= 15 is 0 Å². The smallest absolute Gasteiger partial charge is 0.311 e. The number of hydrogen-bond donors (Lipinski definition) is 0. The molecule has 180 valence electrons. The minimum Gasteiger partial charge on any atom is -0.466 e. The van der Waals surface area contributed by atoms with E-state index in [9.17, 15) is 9.59 Å². The van der Waals surface area contributed by atoms with Crippen LogP contribution in [0.1, 0.15) is 96.1 Å². The Labute approximate surface area is 199 Å². The molecule has 2 rings (SSSR count). The lowest BCUT2D eigenvalue weighted by Gasteiger charge is -2.26. The highest BCUT2D eigenvalue weighted by molar-refractivity contribution is 5.72. The molecule has 0 saturated heterocycles. The first-order valence-electron chi connectivity index (χ1n) is 12.5. The van der Waals surface area contributed by atoms with Crippen LogP contribution in [-0.4, -0.2) is 18.5 Å². The van der Waals surface area contributed by atoms with Crippen molar-refractivity contribution >= 4 is 11.9 Å². The van der Waals surface area contributed by atoms with Crippen molar-refractivity contribution in [3.05, 3.63) is 65.7 Å². The molecule has 0 bridgehead atoms. The van der Waals surface area contributed by atoms with Crippen LogP contribution in [-0.2, 0) is 19.7 Å². The Balaban J connectivity index is 1.59. The lowest BCUT2D eigenvalue weighted by molar-refractivity contribution is -0.144. The molecule has 0 spiro atoms. The Morgan fingerprint density at radius 2 is 1.24 bits per heavy atom. The van der Waals surface area contributed by atoms with Gasteiger partial charge >= 0.3 is 11.9 Å². The number of ether oxygens (including phenoxy) is 2. The SMILES string of the molecule is CCCCOC(=O)CCCCCCCCC(=O)Oc1ccc(C(C)(C)c2ccccc2)cc1. The summed E-state index contributed by atoms with van der Waals surface area (Å²) in [6.07, 6.45) is 8.81. The third-order valence-corrected chi connectivity index (χ3v) is 6.08. The van der Waals surface area contributed by atoms with E-state index in [4.69, 9.17) is 9.47 Å². The summed E-state index contributed by atoms with van der Waals surface area (Å²) in [5.41, 5.74) is 2.32. The Kier molecular flexibility index (Phi) is 11.7. The number of rotatable bonds is 15. The molecule has 0 aliphatic heterocycles. The zero-order valence-corrected chi connectivity index (χ0v) is 20.6. The molecule has 33 heavy (non-hydrogen) atoms. The summed E-state index contributed by atoms with van der Waals surface area (Å²) in [5.74, 6) is 0.334. The second-order valence-corrected chi connectivity index (χ2v) is 9.18. The fraction of sp³-hybridized carbons (Fsp3) is 0.517. The molecule has 0 radical (unpaired) electrons. The van der Waals surface area contributed by atoms with Gasteiger partial charge in [-0.1, -0.05) is 95.3 Å². The van der Waals surface area contributed by atoms with Gasteiger partial charge in [0.1, 0.15) is 5.75 Å². The van der Waals surface area contributed by atoms with E-state index in [1.54, 1.807) is 0 Å². The summed E-state index contributed by atoms with van der Waals surface area (Å²) in [6, 6.07) is 18.2. The topological polar surface area (TPSA) is 52.6 Å². The van der Waals surface area contributed by atoms with E-state index in [1.165, 1.54) is 11.1 Å². The maximum absolute atomic E-state index is 12.2. The van der Waals surface area contributed by atoms with Crippen LogP contribution in [0.15, 0.2) is 54.6 Å². The summed E-state index contributed by atoms with van der Waals surface area (Å²) in [4.78, 5) is 23.7. The lowest BCUT2D eigenvalue weighted by Crippen LogP contribution is -2.18. The van der Waals surface area contributed by atoms with E-state index in [2.05, 4.69) is 45.0 Å². The molecule has 0 aromatic heterocycles. The summed E-state index contributed by atoms with van der Waals surface area (Å²) in [7, 11) is 0. The van der Waals surface area contributed by atoms with E-state index in [-0.39, 0.29) is 17.4 Å². The lowest BCUT2D eigenvalue weighted by atomic mass is 9.78. The third-order valence-electron chi connectivity index (χ3n) is 6.08. The Hall–Kier alpha value is -2.62. The predicted octanol–water partition coefficient (Wildman–Crippen LogP) is 7.38. The summed E-state index contributed by atoms with van der Waals surface area (Å²) >= 11 is 0. The van der Waals surface area contributed by atoms with Crippen LogP contribution >= 0.6 is 0 Å². The number of hydrogen-bond acceptors (Lipinski definition) is 4. The van der Waals surface area contributed by atoms with Gasteiger partial charge in [-0.15, -0.1) is 0 Å². The highest BCUT2D eigenvalue weighted by Gasteiger charge is 2.22. The molecule has 0 atom stereocenters. The van der Waals surface area contributed by atoms with Gasteiger partial charge in [-0.3, -0.25) is 9.59 Å². The number of carbonyl (C=O) groups excluding carboxylic acids is 2. The second kappa shape index (κ2) is 14.5. The van der Waals surface area contributed by atoms with E-state index < -0.39 is 0 Å². The zero-order valence-electron chi connectivity index (χ0n) is 20.6. The van der Waals surface area contributed by atoms with Gasteiger partial charge in [0.2, 0.25) is 0 Å². The zero-order chi connectivity index (χ0) is 23.9. The summed E-state index contributed by atoms with van der Waals surface area (Å²) in [5, 5.41) is 0. The van der Waals surface area contributed by atoms with Crippen molar-refractivity contribution in [3.8, 4) is 5.75 Å². The molecule has 0 heterocycles. The predicted molar refractivity (Wildman–Crippen MR) is 133 cm³/mol. The molecule has 2 aromatic carbocycles. The minimum absolute atomic E-state index is 0.0807. The van der Waals surface area contributed by atoms with Gasteiger partial charge in [0.25, 0.3) is 0 Å². The highest BCUT2D eigenvalue weighted by Crippen LogP contribution is 2.32. The number of esters is 2. The van der Waals surface area contributed by atoms with Gasteiger partial charge in [0, 0.05) is 18.3 Å². The molecule has 0 aliphatic rings. The van der Waals surface area contributed by atoms with Crippen molar-refractivity contribution in [3.63, 3.8) is 0 Å². The monoisotopic (exact) mass is 452 g/mol. The van der Waals surface area contributed by atoms with Crippen LogP contribution in [0.3, 0.4) is 0 Å². The fourth-order valence-electron chi connectivity index (χ4n) is 3.79. The molecule has 0 N–H and O–H groups in total. The van der Waals surface area contributed by atoms with Crippen molar-refractivity contribution in [2.45, 2.75) is 90.4 Å². The molecule has 0 amide bonds. The van der Waals surface area contributed by atoms with Gasteiger partial charge < -0.3 is 9.47 Å². The first-order valence-corrected chi connectivity index (χ1v) is 12.5. The fourth-order valence-corrected chi connectivity index (χ4v) is 3.79. The Morgan fingerprint density at radius 3 is 1.85 bits per heavy atom. The highest BCUT2D eigenvalue weighted by atomic mass is 16.5. The number of carbonyl (C=O) groups is 2. The Bertz CT molecular complexity index is 824. The van der Waals surface area contributed by atoms with Crippen molar-refractivity contribution in [1.82, 2.24) is 0 Å². The van der Waals surface area contributed by atoms with Gasteiger partial charge in [-0.2, -0.15) is 0 Å². The molecule has 2 aromatic rings. The number of benzene rings is 2.